The second kappa shape index (κ2) is 11.2. The molecule has 0 saturated heterocycles. The van der Waals surface area contributed by atoms with E-state index in [4.69, 9.17) is 9.47 Å². The molecule has 0 fully saturated rings. The Balaban J connectivity index is 1.84. The van der Waals surface area contributed by atoms with Gasteiger partial charge in [-0.1, -0.05) is 13.0 Å². The van der Waals surface area contributed by atoms with Crippen LogP contribution in [-0.2, 0) is 22.2 Å². The van der Waals surface area contributed by atoms with E-state index in [0.29, 0.717) is 40.0 Å². The van der Waals surface area contributed by atoms with Crippen LogP contribution in [0.3, 0.4) is 0 Å². The molecule has 0 saturated carbocycles. The monoisotopic (exact) mass is 538 g/mol. The van der Waals surface area contributed by atoms with E-state index in [-0.39, 0.29) is 12.4 Å². The number of aryl methyl sites for hydroxylation is 1. The third kappa shape index (κ3) is 5.36. The van der Waals surface area contributed by atoms with Crippen LogP contribution in [0.1, 0.15) is 42.5 Å². The first kappa shape index (κ1) is 27.1. The Hall–Kier alpha value is -3.90. The van der Waals surface area contributed by atoms with Crippen LogP contribution < -0.4 is 9.47 Å². The highest BCUT2D eigenvalue weighted by molar-refractivity contribution is 7.91. The number of aliphatic hydroxyl groups excluding tert-OH is 1. The minimum atomic E-state index is -3.76. The summed E-state index contributed by atoms with van der Waals surface area (Å²) < 4.78 is 40.2. The number of methoxy groups -OCH3 is 2. The van der Waals surface area contributed by atoms with Gasteiger partial charge in [-0.3, -0.25) is 9.55 Å². The van der Waals surface area contributed by atoms with Gasteiger partial charge in [-0.15, -0.1) is 10.2 Å². The van der Waals surface area contributed by atoms with Crippen molar-refractivity contribution in [3.63, 3.8) is 0 Å². The highest BCUT2D eigenvalue weighted by Gasteiger charge is 2.33. The van der Waals surface area contributed by atoms with E-state index in [1.165, 1.54) is 20.4 Å². The first-order valence-corrected chi connectivity index (χ1v) is 13.6. The molecule has 0 aliphatic rings. The Labute approximate surface area is 221 Å². The van der Waals surface area contributed by atoms with Gasteiger partial charge < -0.3 is 14.6 Å². The second-order valence-corrected chi connectivity index (χ2v) is 11.3. The van der Waals surface area contributed by atoms with Gasteiger partial charge in [-0.25, -0.2) is 18.4 Å². The molecule has 11 nitrogen and oxygen atoms in total. The Morgan fingerprint density at radius 2 is 1.66 bits per heavy atom. The number of aliphatic hydroxyl groups is 1. The number of rotatable bonds is 10. The average Bonchev–Trinajstić information content (AvgIpc) is 3.34. The smallest absolute Gasteiger partial charge is 0.170 e. The molecule has 12 heteroatoms. The lowest BCUT2D eigenvalue weighted by Crippen LogP contribution is -2.27. The fourth-order valence-electron chi connectivity index (χ4n) is 4.05. The fourth-order valence-corrected chi connectivity index (χ4v) is 5.60. The van der Waals surface area contributed by atoms with Crippen molar-refractivity contribution in [3.8, 4) is 28.6 Å². The molecule has 0 unspecified atom stereocenters. The Morgan fingerprint density at radius 3 is 2.26 bits per heavy atom. The summed E-state index contributed by atoms with van der Waals surface area (Å²) in [5.41, 5.74) is 2.44. The maximum absolute atomic E-state index is 13.7. The van der Waals surface area contributed by atoms with Crippen molar-refractivity contribution < 1.29 is 23.0 Å². The van der Waals surface area contributed by atoms with Gasteiger partial charge in [-0.05, 0) is 43.2 Å². The first-order chi connectivity index (χ1) is 18.2. The summed E-state index contributed by atoms with van der Waals surface area (Å²) in [5.74, 6) is 0.944. The van der Waals surface area contributed by atoms with Crippen molar-refractivity contribution >= 4 is 9.84 Å². The number of aromatic nitrogens is 6. The maximum Gasteiger partial charge on any atom is 0.170 e. The lowest BCUT2D eigenvalue weighted by atomic mass is 10.1. The van der Waals surface area contributed by atoms with Crippen LogP contribution in [0, 0.1) is 6.92 Å². The zero-order valence-electron chi connectivity index (χ0n) is 21.9. The van der Waals surface area contributed by atoms with Gasteiger partial charge in [0.2, 0.25) is 0 Å². The van der Waals surface area contributed by atoms with Crippen LogP contribution in [0.5, 0.6) is 11.5 Å². The van der Waals surface area contributed by atoms with Gasteiger partial charge in [0.1, 0.15) is 28.8 Å². The van der Waals surface area contributed by atoms with E-state index < -0.39 is 26.8 Å². The predicted octanol–water partition coefficient (Wildman–Crippen LogP) is 3.04. The van der Waals surface area contributed by atoms with E-state index in [0.717, 1.165) is 5.56 Å². The summed E-state index contributed by atoms with van der Waals surface area (Å²) in [6, 6.07) is 6.96. The summed E-state index contributed by atoms with van der Waals surface area (Å²) in [7, 11) is -0.739. The quantitative estimate of drug-likeness (QED) is 0.320. The van der Waals surface area contributed by atoms with Crippen molar-refractivity contribution in [2.45, 2.75) is 44.3 Å². The molecule has 200 valence electrons. The van der Waals surface area contributed by atoms with Gasteiger partial charge in [0.05, 0.1) is 26.1 Å². The summed E-state index contributed by atoms with van der Waals surface area (Å²) in [6.45, 7) is 5.09. The summed E-state index contributed by atoms with van der Waals surface area (Å²) in [6.07, 6.45) is 6.45. The molecule has 0 amide bonds. The normalized spacial score (nSPS) is 13.2. The first-order valence-electron chi connectivity index (χ1n) is 11.9. The van der Waals surface area contributed by atoms with Gasteiger partial charge in [0.25, 0.3) is 0 Å². The van der Waals surface area contributed by atoms with Crippen molar-refractivity contribution in [2.75, 3.05) is 14.2 Å². The van der Waals surface area contributed by atoms with Crippen LogP contribution in [0.25, 0.3) is 17.1 Å². The van der Waals surface area contributed by atoms with E-state index in [2.05, 4.69) is 25.1 Å². The Bertz CT molecular complexity index is 1500. The van der Waals surface area contributed by atoms with Crippen molar-refractivity contribution in [2.24, 2.45) is 0 Å². The molecule has 0 radical (unpaired) electrons. The van der Waals surface area contributed by atoms with E-state index in [1.54, 1.807) is 61.3 Å². The Kier molecular flexibility index (Phi) is 8.02. The van der Waals surface area contributed by atoms with Crippen LogP contribution in [-0.4, -0.2) is 62.7 Å². The number of hydrogen-bond donors (Lipinski definition) is 1. The van der Waals surface area contributed by atoms with Crippen LogP contribution in [0.4, 0.5) is 0 Å². The van der Waals surface area contributed by atoms with Gasteiger partial charge in [-0.2, -0.15) is 0 Å². The van der Waals surface area contributed by atoms with E-state index >= 15 is 0 Å². The van der Waals surface area contributed by atoms with Crippen LogP contribution in [0.2, 0.25) is 0 Å². The third-order valence-electron chi connectivity index (χ3n) is 6.40. The van der Waals surface area contributed by atoms with E-state index in [9.17, 15) is 13.5 Å². The van der Waals surface area contributed by atoms with Crippen molar-refractivity contribution in [1.29, 1.82) is 0 Å². The fraction of sp³-hybridized carbons (Fsp3) is 0.346. The lowest BCUT2D eigenvalue weighted by molar-refractivity contribution is 0.281. The average molecular weight is 539 g/mol. The van der Waals surface area contributed by atoms with Crippen molar-refractivity contribution in [3.05, 3.63) is 71.8 Å². The lowest BCUT2D eigenvalue weighted by Gasteiger charge is -2.20. The van der Waals surface area contributed by atoms with Crippen LogP contribution in [0.15, 0.2) is 49.1 Å². The second-order valence-electron chi connectivity index (χ2n) is 8.95. The molecule has 3 aromatic heterocycles. The number of ether oxygens (including phenoxy) is 2. The largest absolute Gasteiger partial charge is 0.494 e. The number of para-hydroxylation sites is 1. The molecule has 4 rings (SSSR count). The summed E-state index contributed by atoms with van der Waals surface area (Å²) >= 11 is 0. The van der Waals surface area contributed by atoms with Crippen LogP contribution >= 0.6 is 0 Å². The topological polar surface area (TPSA) is 142 Å². The molecule has 1 aromatic carbocycles. The summed E-state index contributed by atoms with van der Waals surface area (Å²) in [4.78, 5) is 12.8. The summed E-state index contributed by atoms with van der Waals surface area (Å²) in [5, 5.41) is 17.4. The molecule has 38 heavy (non-hydrogen) atoms. The molecule has 1 N–H and O–H groups in total. The van der Waals surface area contributed by atoms with Crippen molar-refractivity contribution in [1.82, 2.24) is 29.7 Å². The highest BCUT2D eigenvalue weighted by Crippen LogP contribution is 2.37. The number of pyridine rings is 1. The number of nitrogens with zero attached hydrogens (tertiary/aromatic N) is 6. The van der Waals surface area contributed by atoms with Gasteiger partial charge in [0, 0.05) is 36.3 Å². The number of sulfone groups is 1. The molecular formula is C26H30N6O5S. The third-order valence-corrected chi connectivity index (χ3v) is 8.60. The zero-order chi connectivity index (χ0) is 27.4. The molecule has 0 aliphatic heterocycles. The highest BCUT2D eigenvalue weighted by atomic mass is 32.2. The molecular weight excluding hydrogens is 508 g/mol. The molecule has 4 aromatic rings. The predicted molar refractivity (Wildman–Crippen MR) is 141 cm³/mol. The maximum atomic E-state index is 13.7. The Morgan fingerprint density at radius 1 is 1.00 bits per heavy atom. The minimum absolute atomic E-state index is 0.168. The van der Waals surface area contributed by atoms with Gasteiger partial charge in [0.15, 0.2) is 21.5 Å². The SMILES string of the molecule is COc1cccc(OC)c1-n1c(CS(=O)(=O)[C@@H](C)[C@H](C)c2ncc(C)cn2)nnc1-c1cncc(CO)c1. The van der Waals surface area contributed by atoms with E-state index in [1.807, 2.05) is 6.92 Å². The van der Waals surface area contributed by atoms with Gasteiger partial charge >= 0.3 is 0 Å². The molecule has 3 heterocycles. The molecule has 0 spiro atoms. The minimum Gasteiger partial charge on any atom is -0.494 e. The number of hydrogen-bond acceptors (Lipinski definition) is 10. The standard InChI is InChI=1S/C26H30N6O5S/c1-16-10-28-25(29-11-16)17(2)18(3)38(34,35)15-23-30-31-26(20-9-19(14-33)12-27-13-20)32(23)24-21(36-4)7-6-8-22(24)37-5/h6-13,17-18,33H,14-15H2,1-5H3/t17-,18-/m0/s1. The molecule has 0 aliphatic carbocycles. The number of benzene rings is 1. The molecule has 2 atom stereocenters. The zero-order valence-corrected chi connectivity index (χ0v) is 22.7. The molecule has 0 bridgehead atoms.